The molecule has 0 aliphatic carbocycles. The molecule has 2 rings (SSSR count). The van der Waals surface area contributed by atoms with Crippen LogP contribution in [0.2, 0.25) is 0 Å². The molecule has 0 unspecified atom stereocenters. The summed E-state index contributed by atoms with van der Waals surface area (Å²) in [6, 6.07) is 9.39. The van der Waals surface area contributed by atoms with Crippen LogP contribution >= 0.6 is 0 Å². The number of esters is 1. The van der Waals surface area contributed by atoms with Crippen LogP contribution < -0.4 is 0 Å². The normalized spacial score (nSPS) is 18.5. The number of ether oxygens (including phenoxy) is 1. The molecule has 1 amide bonds. The number of nitrogens with zero attached hydrogens (tertiary/aromatic N) is 2. The van der Waals surface area contributed by atoms with E-state index >= 15 is 0 Å². The molecule has 1 fully saturated rings. The van der Waals surface area contributed by atoms with E-state index in [1.807, 2.05) is 12.1 Å². The summed E-state index contributed by atoms with van der Waals surface area (Å²) in [5.41, 5.74) is 1.68. The van der Waals surface area contributed by atoms with E-state index in [-0.39, 0.29) is 18.4 Å². The number of carbonyl (C=O) groups is 2. The maximum Gasteiger partial charge on any atom is 0.325 e. The summed E-state index contributed by atoms with van der Waals surface area (Å²) in [6.45, 7) is 0.577. The van der Waals surface area contributed by atoms with Gasteiger partial charge < -0.3 is 9.64 Å². The zero-order chi connectivity index (χ0) is 14.5. The first kappa shape index (κ1) is 14.1. The quantitative estimate of drug-likeness (QED) is 0.781. The number of rotatable bonds is 3. The standard InChI is InChI=1S/C15H16N2O3/c1-20-15(19)10-17-7-6-13(8-14(17)18)12-4-2-11(9-16)3-5-12/h2-5,13H,6-8,10H2,1H3/t13-/m1/s1. The zero-order valence-corrected chi connectivity index (χ0v) is 11.3. The lowest BCUT2D eigenvalue weighted by atomic mass is 9.88. The van der Waals surface area contributed by atoms with Crippen molar-refractivity contribution >= 4 is 11.9 Å². The highest BCUT2D eigenvalue weighted by molar-refractivity contribution is 5.83. The lowest BCUT2D eigenvalue weighted by Gasteiger charge is -2.31. The third-order valence-electron chi connectivity index (χ3n) is 3.58. The molecule has 1 heterocycles. The van der Waals surface area contributed by atoms with Gasteiger partial charge in [0.2, 0.25) is 5.91 Å². The average Bonchev–Trinajstić information content (AvgIpc) is 2.49. The minimum Gasteiger partial charge on any atom is -0.468 e. The Balaban J connectivity index is 1.99. The van der Waals surface area contributed by atoms with Crippen molar-refractivity contribution < 1.29 is 14.3 Å². The van der Waals surface area contributed by atoms with Gasteiger partial charge in [0.15, 0.2) is 0 Å². The Morgan fingerprint density at radius 3 is 2.70 bits per heavy atom. The molecule has 1 aromatic carbocycles. The number of piperidine rings is 1. The van der Waals surface area contributed by atoms with Crippen LogP contribution in [0.1, 0.15) is 29.9 Å². The molecular formula is C15H16N2O3. The molecule has 1 aliphatic heterocycles. The van der Waals surface area contributed by atoms with E-state index in [0.29, 0.717) is 18.5 Å². The Morgan fingerprint density at radius 1 is 1.45 bits per heavy atom. The monoisotopic (exact) mass is 272 g/mol. The first-order chi connectivity index (χ1) is 9.63. The Kier molecular flexibility index (Phi) is 4.36. The van der Waals surface area contributed by atoms with Gasteiger partial charge in [0.1, 0.15) is 6.54 Å². The van der Waals surface area contributed by atoms with E-state index in [2.05, 4.69) is 10.8 Å². The van der Waals surface area contributed by atoms with Gasteiger partial charge in [-0.15, -0.1) is 0 Å². The van der Waals surface area contributed by atoms with E-state index in [1.54, 1.807) is 12.1 Å². The summed E-state index contributed by atoms with van der Waals surface area (Å²) >= 11 is 0. The minimum atomic E-state index is -0.393. The van der Waals surface area contributed by atoms with Crippen LogP contribution in [0, 0.1) is 11.3 Å². The van der Waals surface area contributed by atoms with Crippen molar-refractivity contribution in [3.8, 4) is 6.07 Å². The number of hydrogen-bond acceptors (Lipinski definition) is 4. The van der Waals surface area contributed by atoms with Gasteiger partial charge in [-0.25, -0.2) is 0 Å². The van der Waals surface area contributed by atoms with Gasteiger partial charge in [-0.2, -0.15) is 5.26 Å². The molecule has 1 saturated heterocycles. The third kappa shape index (κ3) is 3.15. The van der Waals surface area contributed by atoms with Crippen molar-refractivity contribution in [1.29, 1.82) is 5.26 Å². The van der Waals surface area contributed by atoms with Crippen molar-refractivity contribution in [3.05, 3.63) is 35.4 Å². The minimum absolute atomic E-state index is 0.0232. The molecule has 0 N–H and O–H groups in total. The predicted molar refractivity (Wildman–Crippen MR) is 71.7 cm³/mol. The Hall–Kier alpha value is -2.35. The van der Waals surface area contributed by atoms with Gasteiger partial charge >= 0.3 is 5.97 Å². The average molecular weight is 272 g/mol. The summed E-state index contributed by atoms with van der Waals surface area (Å²) in [6.07, 6.45) is 1.21. The maximum atomic E-state index is 12.0. The fraction of sp³-hybridized carbons (Fsp3) is 0.400. The summed E-state index contributed by atoms with van der Waals surface area (Å²) in [7, 11) is 1.32. The molecule has 20 heavy (non-hydrogen) atoms. The Bertz CT molecular complexity index is 545. The van der Waals surface area contributed by atoms with Crippen LogP contribution in [0.3, 0.4) is 0 Å². The second-order valence-corrected chi connectivity index (χ2v) is 4.81. The fourth-order valence-corrected chi connectivity index (χ4v) is 2.38. The van der Waals surface area contributed by atoms with Gasteiger partial charge in [0.05, 0.1) is 18.7 Å². The van der Waals surface area contributed by atoms with Crippen LogP contribution in [-0.2, 0) is 14.3 Å². The molecule has 1 atom stereocenters. The molecule has 0 spiro atoms. The van der Waals surface area contributed by atoms with Gasteiger partial charge in [-0.05, 0) is 30.0 Å². The molecular weight excluding hydrogens is 256 g/mol. The van der Waals surface area contributed by atoms with Gasteiger partial charge in [0, 0.05) is 13.0 Å². The second-order valence-electron chi connectivity index (χ2n) is 4.81. The number of amides is 1. The van der Waals surface area contributed by atoms with Crippen LogP contribution in [-0.4, -0.2) is 37.0 Å². The highest BCUT2D eigenvalue weighted by Crippen LogP contribution is 2.28. The number of carbonyl (C=O) groups excluding carboxylic acids is 2. The number of nitriles is 1. The first-order valence-corrected chi connectivity index (χ1v) is 6.48. The Morgan fingerprint density at radius 2 is 2.15 bits per heavy atom. The molecule has 104 valence electrons. The second kappa shape index (κ2) is 6.20. The predicted octanol–water partition coefficient (Wildman–Crippen LogP) is 1.44. The summed E-state index contributed by atoms with van der Waals surface area (Å²) in [4.78, 5) is 24.8. The lowest BCUT2D eigenvalue weighted by Crippen LogP contribution is -2.41. The largest absolute Gasteiger partial charge is 0.468 e. The number of hydrogen-bond donors (Lipinski definition) is 0. The van der Waals surface area contributed by atoms with Crippen LogP contribution in [0.4, 0.5) is 0 Å². The fourth-order valence-electron chi connectivity index (χ4n) is 2.38. The molecule has 0 radical (unpaired) electrons. The van der Waals surface area contributed by atoms with E-state index in [1.165, 1.54) is 12.0 Å². The maximum absolute atomic E-state index is 12.0. The highest BCUT2D eigenvalue weighted by atomic mass is 16.5. The van der Waals surface area contributed by atoms with E-state index in [9.17, 15) is 9.59 Å². The lowest BCUT2D eigenvalue weighted by molar-refractivity contribution is -0.148. The highest BCUT2D eigenvalue weighted by Gasteiger charge is 2.28. The summed E-state index contributed by atoms with van der Waals surface area (Å²) in [5, 5.41) is 8.77. The van der Waals surface area contributed by atoms with Crippen molar-refractivity contribution in [3.63, 3.8) is 0 Å². The zero-order valence-electron chi connectivity index (χ0n) is 11.3. The van der Waals surface area contributed by atoms with E-state index < -0.39 is 5.97 Å². The molecule has 1 aliphatic rings. The number of benzene rings is 1. The summed E-state index contributed by atoms with van der Waals surface area (Å²) in [5.74, 6) is -0.268. The molecule has 1 aromatic rings. The molecule has 0 bridgehead atoms. The van der Waals surface area contributed by atoms with Crippen LogP contribution in [0.25, 0.3) is 0 Å². The van der Waals surface area contributed by atoms with Crippen molar-refractivity contribution in [2.75, 3.05) is 20.2 Å². The Labute approximate surface area is 117 Å². The van der Waals surface area contributed by atoms with Crippen LogP contribution in [0.15, 0.2) is 24.3 Å². The van der Waals surface area contributed by atoms with Gasteiger partial charge in [0.25, 0.3) is 0 Å². The third-order valence-corrected chi connectivity index (χ3v) is 3.58. The molecule has 5 heteroatoms. The summed E-state index contributed by atoms with van der Waals surface area (Å²) < 4.78 is 4.57. The van der Waals surface area contributed by atoms with Gasteiger partial charge in [-0.1, -0.05) is 12.1 Å². The number of likely N-dealkylation sites (tertiary alicyclic amines) is 1. The van der Waals surface area contributed by atoms with Gasteiger partial charge in [-0.3, -0.25) is 9.59 Å². The SMILES string of the molecule is COC(=O)CN1CC[C@@H](c2ccc(C#N)cc2)CC1=O. The van der Waals surface area contributed by atoms with E-state index in [0.717, 1.165) is 12.0 Å². The molecule has 0 aromatic heterocycles. The van der Waals surface area contributed by atoms with Crippen LogP contribution in [0.5, 0.6) is 0 Å². The molecule has 0 saturated carbocycles. The molecule has 5 nitrogen and oxygen atoms in total. The van der Waals surface area contributed by atoms with Crippen molar-refractivity contribution in [1.82, 2.24) is 4.90 Å². The number of methoxy groups -OCH3 is 1. The topological polar surface area (TPSA) is 70.4 Å². The van der Waals surface area contributed by atoms with E-state index in [4.69, 9.17) is 5.26 Å². The smallest absolute Gasteiger partial charge is 0.325 e. The first-order valence-electron chi connectivity index (χ1n) is 6.48. The van der Waals surface area contributed by atoms with Crippen molar-refractivity contribution in [2.45, 2.75) is 18.8 Å². The van der Waals surface area contributed by atoms with Crippen molar-refractivity contribution in [2.24, 2.45) is 0 Å².